The van der Waals surface area contributed by atoms with Gasteiger partial charge in [0.05, 0.1) is 16.9 Å². The van der Waals surface area contributed by atoms with Crippen molar-refractivity contribution in [2.75, 3.05) is 18.0 Å². The second kappa shape index (κ2) is 12.7. The van der Waals surface area contributed by atoms with E-state index in [-0.39, 0.29) is 5.91 Å². The Hall–Kier alpha value is -4.35. The molecule has 2 amide bonds. The third-order valence-corrected chi connectivity index (χ3v) is 8.25. The Labute approximate surface area is 252 Å². The number of benzene rings is 4. The fraction of sp³-hybridized carbons (Fsp3) is 0.222. The SMILES string of the molecule is O=C1C(=C2CCCN2Cc2ccccc2)c2ccccc2N1c1cccc(Cl)c1.O=C1CCCN1Cc1ccccc1. The Morgan fingerprint density at radius 2 is 1.26 bits per heavy atom. The van der Waals surface area contributed by atoms with Crippen LogP contribution in [0.2, 0.25) is 5.02 Å². The van der Waals surface area contributed by atoms with Crippen LogP contribution in [-0.4, -0.2) is 34.7 Å². The van der Waals surface area contributed by atoms with Gasteiger partial charge in [0.1, 0.15) is 0 Å². The summed E-state index contributed by atoms with van der Waals surface area (Å²) in [6.07, 6.45) is 3.74. The first-order valence-electron chi connectivity index (χ1n) is 14.6. The summed E-state index contributed by atoms with van der Waals surface area (Å²) >= 11 is 6.22. The van der Waals surface area contributed by atoms with Crippen LogP contribution in [-0.2, 0) is 22.7 Å². The van der Waals surface area contributed by atoms with Gasteiger partial charge in [-0.25, -0.2) is 0 Å². The molecule has 4 aromatic rings. The van der Waals surface area contributed by atoms with Crippen molar-refractivity contribution >= 4 is 40.4 Å². The molecule has 42 heavy (non-hydrogen) atoms. The van der Waals surface area contributed by atoms with Gasteiger partial charge in [0.2, 0.25) is 5.91 Å². The first-order valence-corrected chi connectivity index (χ1v) is 15.0. The monoisotopic (exact) mass is 575 g/mol. The van der Waals surface area contributed by atoms with Crippen molar-refractivity contribution in [1.82, 2.24) is 9.80 Å². The van der Waals surface area contributed by atoms with E-state index in [9.17, 15) is 9.59 Å². The molecule has 0 radical (unpaired) electrons. The molecule has 0 saturated carbocycles. The summed E-state index contributed by atoms with van der Waals surface area (Å²) in [7, 11) is 0. The number of likely N-dealkylation sites (tertiary alicyclic amines) is 2. The average molecular weight is 576 g/mol. The van der Waals surface area contributed by atoms with Crippen LogP contribution in [0.3, 0.4) is 0 Å². The van der Waals surface area contributed by atoms with E-state index in [1.54, 1.807) is 4.90 Å². The molecule has 2 saturated heterocycles. The number of para-hydroxylation sites is 1. The summed E-state index contributed by atoms with van der Waals surface area (Å²) in [5.41, 5.74) is 7.19. The number of hydrogen-bond donors (Lipinski definition) is 0. The molecule has 0 spiro atoms. The quantitative estimate of drug-likeness (QED) is 0.228. The summed E-state index contributed by atoms with van der Waals surface area (Å²) in [6.45, 7) is 3.50. The van der Waals surface area contributed by atoms with Crippen molar-refractivity contribution < 1.29 is 9.59 Å². The van der Waals surface area contributed by atoms with Gasteiger partial charge >= 0.3 is 0 Å². The molecule has 7 rings (SSSR count). The summed E-state index contributed by atoms with van der Waals surface area (Å²) in [5.74, 6) is 0.326. The third kappa shape index (κ3) is 5.97. The lowest BCUT2D eigenvalue weighted by Gasteiger charge is -2.22. The Balaban J connectivity index is 0.000000203. The van der Waals surface area contributed by atoms with Gasteiger partial charge in [0.15, 0.2) is 0 Å². The Kier molecular flexibility index (Phi) is 8.38. The highest BCUT2D eigenvalue weighted by Crippen LogP contribution is 2.45. The number of carbonyl (C=O) groups excluding carboxylic acids is 2. The van der Waals surface area contributed by atoms with Crippen molar-refractivity contribution in [2.45, 2.75) is 38.8 Å². The van der Waals surface area contributed by atoms with Crippen LogP contribution < -0.4 is 4.90 Å². The van der Waals surface area contributed by atoms with Crippen molar-refractivity contribution in [3.63, 3.8) is 0 Å². The maximum Gasteiger partial charge on any atom is 0.265 e. The molecule has 6 heteroatoms. The van der Waals surface area contributed by atoms with E-state index >= 15 is 0 Å². The Morgan fingerprint density at radius 1 is 0.643 bits per heavy atom. The number of hydrogen-bond acceptors (Lipinski definition) is 3. The highest BCUT2D eigenvalue weighted by molar-refractivity contribution is 6.36. The average Bonchev–Trinajstić information content (AvgIpc) is 3.71. The molecule has 0 N–H and O–H groups in total. The van der Waals surface area contributed by atoms with E-state index in [0.717, 1.165) is 80.1 Å². The first-order chi connectivity index (χ1) is 20.6. The minimum absolute atomic E-state index is 0.0310. The summed E-state index contributed by atoms with van der Waals surface area (Å²) in [4.78, 5) is 31.0. The molecule has 3 heterocycles. The number of allylic oxidation sites excluding steroid dienone is 1. The highest BCUT2D eigenvalue weighted by atomic mass is 35.5. The van der Waals surface area contributed by atoms with Crippen LogP contribution in [0.5, 0.6) is 0 Å². The smallest absolute Gasteiger partial charge is 0.265 e. The molecular formula is C36H34ClN3O2. The fourth-order valence-electron chi connectivity index (χ4n) is 6.03. The van der Waals surface area contributed by atoms with Gasteiger partial charge in [0.25, 0.3) is 5.91 Å². The fourth-order valence-corrected chi connectivity index (χ4v) is 6.22. The largest absolute Gasteiger partial charge is 0.370 e. The molecular weight excluding hydrogens is 542 g/mol. The molecule has 0 aromatic heterocycles. The second-order valence-corrected chi connectivity index (χ2v) is 11.3. The zero-order chi connectivity index (χ0) is 28.9. The molecule has 0 aliphatic carbocycles. The Morgan fingerprint density at radius 3 is 1.93 bits per heavy atom. The lowest BCUT2D eigenvalue weighted by Crippen LogP contribution is -2.24. The minimum Gasteiger partial charge on any atom is -0.370 e. The molecule has 0 unspecified atom stereocenters. The zero-order valence-corrected chi connectivity index (χ0v) is 24.3. The lowest BCUT2D eigenvalue weighted by atomic mass is 10.0. The number of nitrogens with zero attached hydrogens (tertiary/aromatic N) is 3. The van der Waals surface area contributed by atoms with Crippen molar-refractivity contribution in [2.24, 2.45) is 0 Å². The molecule has 3 aliphatic heterocycles. The number of halogens is 1. The summed E-state index contributed by atoms with van der Waals surface area (Å²) < 4.78 is 0. The van der Waals surface area contributed by atoms with Crippen LogP contribution in [0.4, 0.5) is 11.4 Å². The van der Waals surface area contributed by atoms with Gasteiger partial charge < -0.3 is 9.80 Å². The van der Waals surface area contributed by atoms with Gasteiger partial charge in [-0.05, 0) is 54.7 Å². The molecule has 5 nitrogen and oxygen atoms in total. The van der Waals surface area contributed by atoms with Gasteiger partial charge in [0, 0.05) is 48.9 Å². The maximum atomic E-state index is 13.7. The normalized spacial score (nSPS) is 17.9. The number of rotatable bonds is 5. The van der Waals surface area contributed by atoms with Crippen molar-refractivity contribution in [3.05, 3.63) is 137 Å². The van der Waals surface area contributed by atoms with Gasteiger partial charge in [-0.15, -0.1) is 0 Å². The standard InChI is InChI=1S/C25H21ClN2O.C11H13NO/c26-19-10-6-11-20(16-19)28-22-13-5-4-12-21(22)24(25(28)29)23-14-7-15-27(23)17-18-8-2-1-3-9-18;13-11-7-4-8-12(11)9-10-5-2-1-3-6-10/h1-6,8-13,16H,7,14-15,17H2;1-3,5-6H,4,7-9H2. The number of fused-ring (bicyclic) bond motifs is 1. The van der Waals surface area contributed by atoms with Crippen molar-refractivity contribution in [3.8, 4) is 0 Å². The van der Waals surface area contributed by atoms with Gasteiger partial charge in [-0.1, -0.05) is 96.5 Å². The molecule has 4 aromatic carbocycles. The predicted octanol–water partition coefficient (Wildman–Crippen LogP) is 7.83. The molecule has 2 fully saturated rings. The van der Waals surface area contributed by atoms with E-state index in [1.807, 2.05) is 71.6 Å². The molecule has 212 valence electrons. The van der Waals surface area contributed by atoms with E-state index in [2.05, 4.69) is 47.4 Å². The summed E-state index contributed by atoms with van der Waals surface area (Å²) in [5, 5.41) is 0.625. The van der Waals surface area contributed by atoms with E-state index in [1.165, 1.54) is 11.1 Å². The second-order valence-electron chi connectivity index (χ2n) is 10.9. The van der Waals surface area contributed by atoms with Crippen LogP contribution in [0.1, 0.15) is 42.4 Å². The summed E-state index contributed by atoms with van der Waals surface area (Å²) in [6, 6.07) is 36.1. The number of anilines is 2. The van der Waals surface area contributed by atoms with Gasteiger partial charge in [-0.2, -0.15) is 0 Å². The highest BCUT2D eigenvalue weighted by Gasteiger charge is 2.37. The van der Waals surface area contributed by atoms with E-state index in [0.29, 0.717) is 10.9 Å². The predicted molar refractivity (Wildman–Crippen MR) is 169 cm³/mol. The molecule has 3 aliphatic rings. The van der Waals surface area contributed by atoms with Crippen molar-refractivity contribution in [1.29, 1.82) is 0 Å². The van der Waals surface area contributed by atoms with Crippen LogP contribution in [0.15, 0.2) is 115 Å². The Bertz CT molecular complexity index is 1600. The van der Waals surface area contributed by atoms with Gasteiger partial charge in [-0.3, -0.25) is 14.5 Å². The first kappa shape index (κ1) is 27.8. The van der Waals surface area contributed by atoms with Crippen LogP contribution in [0.25, 0.3) is 5.57 Å². The number of amides is 2. The topological polar surface area (TPSA) is 43.9 Å². The number of carbonyl (C=O) groups is 2. The van der Waals surface area contributed by atoms with Crippen LogP contribution in [0, 0.1) is 0 Å². The third-order valence-electron chi connectivity index (χ3n) is 8.01. The zero-order valence-electron chi connectivity index (χ0n) is 23.6. The van der Waals surface area contributed by atoms with E-state index in [4.69, 9.17) is 11.6 Å². The minimum atomic E-state index is 0.0310. The molecule has 0 bridgehead atoms. The van der Waals surface area contributed by atoms with E-state index < -0.39 is 0 Å². The van der Waals surface area contributed by atoms with Crippen LogP contribution >= 0.6 is 11.6 Å². The molecule has 0 atom stereocenters. The maximum absolute atomic E-state index is 13.7. The lowest BCUT2D eigenvalue weighted by molar-refractivity contribution is -0.128.